The van der Waals surface area contributed by atoms with E-state index in [1.165, 1.54) is 0 Å². The van der Waals surface area contributed by atoms with Crippen molar-refractivity contribution in [1.82, 2.24) is 9.97 Å². The lowest BCUT2D eigenvalue weighted by atomic mass is 10.1. The van der Waals surface area contributed by atoms with Gasteiger partial charge in [0.1, 0.15) is 0 Å². The number of hydrogen-bond acceptors (Lipinski definition) is 3. The van der Waals surface area contributed by atoms with E-state index in [9.17, 15) is 0 Å². The smallest absolute Gasteiger partial charge is 0.0813 e. The topological polar surface area (TPSA) is 29.0 Å². The second-order valence-corrected chi connectivity index (χ2v) is 6.06. The maximum Gasteiger partial charge on any atom is 0.0813 e. The molecule has 0 aliphatic rings. The minimum Gasteiger partial charge on any atom is -0.311 e. The third-order valence-corrected chi connectivity index (χ3v) is 4.21. The molecule has 0 amide bonds. The van der Waals surface area contributed by atoms with E-state index in [4.69, 9.17) is 0 Å². The molecule has 1 aromatic heterocycles. The molecular formula is C24H19N3. The number of hydrogen-bond donors (Lipinski definition) is 0. The Kier molecular flexibility index (Phi) is 5.02. The van der Waals surface area contributed by atoms with Crippen LogP contribution in [-0.4, -0.2) is 9.97 Å². The molecule has 130 valence electrons. The lowest BCUT2D eigenvalue weighted by Gasteiger charge is -2.25. The summed E-state index contributed by atoms with van der Waals surface area (Å²) < 4.78 is 0. The molecule has 0 saturated heterocycles. The molecule has 4 rings (SSSR count). The molecule has 0 radical (unpaired) electrons. The molecular weight excluding hydrogens is 330 g/mol. The summed E-state index contributed by atoms with van der Waals surface area (Å²) in [5, 5.41) is 0. The highest BCUT2D eigenvalue weighted by atomic mass is 15.1. The minimum absolute atomic E-state index is 0.844. The lowest BCUT2D eigenvalue weighted by Crippen LogP contribution is -2.09. The van der Waals surface area contributed by atoms with E-state index in [0.29, 0.717) is 0 Å². The molecule has 1 heterocycles. The number of aromatic nitrogens is 2. The fourth-order valence-electron chi connectivity index (χ4n) is 2.91. The first-order valence-corrected chi connectivity index (χ1v) is 8.84. The summed E-state index contributed by atoms with van der Waals surface area (Å²) in [6, 6.07) is 29.3. The molecule has 0 aliphatic heterocycles. The van der Waals surface area contributed by atoms with Gasteiger partial charge in [-0.15, -0.1) is 0 Å². The Morgan fingerprint density at radius 2 is 1.19 bits per heavy atom. The predicted molar refractivity (Wildman–Crippen MR) is 112 cm³/mol. The second-order valence-electron chi connectivity index (χ2n) is 6.06. The summed E-state index contributed by atoms with van der Waals surface area (Å²) in [4.78, 5) is 10.6. The average Bonchev–Trinajstić information content (AvgIpc) is 2.76. The fourth-order valence-corrected chi connectivity index (χ4v) is 2.91. The van der Waals surface area contributed by atoms with Crippen LogP contribution in [0.2, 0.25) is 0 Å². The first kappa shape index (κ1) is 16.7. The molecule has 0 fully saturated rings. The van der Waals surface area contributed by atoms with Crippen molar-refractivity contribution in [3.05, 3.63) is 115 Å². The van der Waals surface area contributed by atoms with Crippen LogP contribution >= 0.6 is 0 Å². The minimum atomic E-state index is 0.844. The van der Waals surface area contributed by atoms with Crippen LogP contribution < -0.4 is 4.90 Å². The predicted octanol–water partition coefficient (Wildman–Crippen LogP) is 6.12. The van der Waals surface area contributed by atoms with E-state index in [1.807, 2.05) is 24.3 Å². The van der Waals surface area contributed by atoms with Crippen LogP contribution in [0.3, 0.4) is 0 Å². The molecule has 3 heteroatoms. The summed E-state index contributed by atoms with van der Waals surface area (Å²) in [5.41, 5.74) is 5.34. The Hall–Kier alpha value is -3.72. The molecule has 3 aromatic carbocycles. The van der Waals surface area contributed by atoms with Gasteiger partial charge in [0.2, 0.25) is 0 Å². The molecule has 0 unspecified atom stereocenters. The molecule has 0 atom stereocenters. The van der Waals surface area contributed by atoms with E-state index in [0.717, 1.165) is 28.3 Å². The van der Waals surface area contributed by atoms with Gasteiger partial charge in [0.15, 0.2) is 0 Å². The van der Waals surface area contributed by atoms with E-state index in [2.05, 4.69) is 87.7 Å². The molecule has 4 aromatic rings. The highest BCUT2D eigenvalue weighted by molar-refractivity contribution is 5.77. The Morgan fingerprint density at radius 3 is 1.74 bits per heavy atom. The van der Waals surface area contributed by atoms with Gasteiger partial charge in [0, 0.05) is 29.5 Å². The number of anilines is 3. The summed E-state index contributed by atoms with van der Waals surface area (Å²) in [6.07, 6.45) is 9.13. The maximum absolute atomic E-state index is 4.26. The quantitative estimate of drug-likeness (QED) is 0.435. The van der Waals surface area contributed by atoms with Gasteiger partial charge < -0.3 is 4.90 Å². The van der Waals surface area contributed by atoms with Crippen molar-refractivity contribution in [2.75, 3.05) is 4.90 Å². The Balaban J connectivity index is 1.64. The molecule has 0 spiro atoms. The van der Waals surface area contributed by atoms with Crippen molar-refractivity contribution < 1.29 is 0 Å². The molecule has 27 heavy (non-hydrogen) atoms. The summed E-state index contributed by atoms with van der Waals surface area (Å²) in [6.45, 7) is 0. The standard InChI is InChI=1S/C24H19N3/c1-3-7-22(8-4-1)27(23-9-5-2-6-10-23)24-15-12-20(13-16-24)11-14-21-19-25-17-18-26-21/h1-19H/b14-11+. The molecule has 0 aliphatic carbocycles. The Bertz CT molecular complexity index is 956. The van der Waals surface area contributed by atoms with Gasteiger partial charge in [-0.2, -0.15) is 0 Å². The van der Waals surface area contributed by atoms with Gasteiger partial charge in [-0.1, -0.05) is 54.6 Å². The van der Waals surface area contributed by atoms with Crippen molar-refractivity contribution in [3.8, 4) is 0 Å². The van der Waals surface area contributed by atoms with Gasteiger partial charge >= 0.3 is 0 Å². The van der Waals surface area contributed by atoms with Crippen molar-refractivity contribution in [2.24, 2.45) is 0 Å². The van der Waals surface area contributed by atoms with Crippen LogP contribution in [0, 0.1) is 0 Å². The monoisotopic (exact) mass is 349 g/mol. The third kappa shape index (κ3) is 4.10. The highest BCUT2D eigenvalue weighted by Crippen LogP contribution is 2.34. The molecule has 3 nitrogen and oxygen atoms in total. The van der Waals surface area contributed by atoms with Crippen LogP contribution in [0.15, 0.2) is 104 Å². The van der Waals surface area contributed by atoms with Gasteiger partial charge in [0.05, 0.1) is 11.9 Å². The van der Waals surface area contributed by atoms with E-state index in [1.54, 1.807) is 18.6 Å². The summed E-state index contributed by atoms with van der Waals surface area (Å²) >= 11 is 0. The zero-order valence-corrected chi connectivity index (χ0v) is 14.8. The molecule has 0 bridgehead atoms. The zero-order valence-electron chi connectivity index (χ0n) is 14.8. The third-order valence-electron chi connectivity index (χ3n) is 4.21. The van der Waals surface area contributed by atoms with Crippen molar-refractivity contribution >= 4 is 29.2 Å². The van der Waals surface area contributed by atoms with Crippen LogP contribution in [-0.2, 0) is 0 Å². The number of para-hydroxylation sites is 2. The number of nitrogens with zero attached hydrogens (tertiary/aromatic N) is 3. The fraction of sp³-hybridized carbons (Fsp3) is 0. The highest BCUT2D eigenvalue weighted by Gasteiger charge is 2.11. The van der Waals surface area contributed by atoms with Gasteiger partial charge in [-0.25, -0.2) is 0 Å². The van der Waals surface area contributed by atoms with Crippen LogP contribution in [0.5, 0.6) is 0 Å². The van der Waals surface area contributed by atoms with E-state index in [-0.39, 0.29) is 0 Å². The van der Waals surface area contributed by atoms with Crippen molar-refractivity contribution in [1.29, 1.82) is 0 Å². The van der Waals surface area contributed by atoms with Crippen LogP contribution in [0.4, 0.5) is 17.1 Å². The summed E-state index contributed by atoms with van der Waals surface area (Å²) in [7, 11) is 0. The lowest BCUT2D eigenvalue weighted by molar-refractivity contribution is 1.18. The maximum atomic E-state index is 4.26. The average molecular weight is 349 g/mol. The second kappa shape index (κ2) is 8.11. The van der Waals surface area contributed by atoms with Gasteiger partial charge in [-0.3, -0.25) is 9.97 Å². The molecule has 0 saturated carbocycles. The zero-order chi connectivity index (χ0) is 18.3. The largest absolute Gasteiger partial charge is 0.311 e. The number of rotatable bonds is 5. The normalized spacial score (nSPS) is 10.8. The van der Waals surface area contributed by atoms with Crippen LogP contribution in [0.1, 0.15) is 11.3 Å². The number of benzene rings is 3. The molecule has 0 N–H and O–H groups in total. The first-order valence-electron chi connectivity index (χ1n) is 8.84. The van der Waals surface area contributed by atoms with Gasteiger partial charge in [0.25, 0.3) is 0 Å². The van der Waals surface area contributed by atoms with Crippen molar-refractivity contribution in [3.63, 3.8) is 0 Å². The van der Waals surface area contributed by atoms with E-state index >= 15 is 0 Å². The van der Waals surface area contributed by atoms with Crippen LogP contribution in [0.25, 0.3) is 12.2 Å². The Morgan fingerprint density at radius 1 is 0.593 bits per heavy atom. The first-order chi connectivity index (χ1) is 13.4. The van der Waals surface area contributed by atoms with Gasteiger partial charge in [-0.05, 0) is 48.0 Å². The van der Waals surface area contributed by atoms with Crippen molar-refractivity contribution in [2.45, 2.75) is 0 Å². The SMILES string of the molecule is C(=C\c1cnccn1)/c1ccc(N(c2ccccc2)c2ccccc2)cc1. The summed E-state index contributed by atoms with van der Waals surface area (Å²) in [5.74, 6) is 0. The van der Waals surface area contributed by atoms with E-state index < -0.39 is 0 Å². The Labute approximate surface area is 159 Å².